The fourth-order valence-corrected chi connectivity index (χ4v) is 2.93. The Morgan fingerprint density at radius 2 is 1.96 bits per heavy atom. The summed E-state index contributed by atoms with van der Waals surface area (Å²) in [5.41, 5.74) is -5.90. The van der Waals surface area contributed by atoms with E-state index in [4.69, 9.17) is 0 Å². The first kappa shape index (κ1) is 18.2. The number of nitrogens with one attached hydrogen (secondary N) is 1. The maximum Gasteiger partial charge on any atom is 0.501 e. The average Bonchev–Trinajstić information content (AvgIpc) is 2.93. The van der Waals surface area contributed by atoms with E-state index >= 15 is 0 Å². The quantitative estimate of drug-likeness (QED) is 0.824. The van der Waals surface area contributed by atoms with Crippen LogP contribution in [0.15, 0.2) is 29.4 Å². The standard InChI is InChI=1S/C13H14F4N4O2S/c1-8(2)21-7-19-20-12(21)6-18-10-4-3-9(14)5-11(10)24(22,23)13(15,16)17/h3-5,7-8,18H,6H2,1-2H3. The summed E-state index contributed by atoms with van der Waals surface area (Å²) in [7, 11) is -5.69. The largest absolute Gasteiger partial charge is 0.501 e. The lowest BCUT2D eigenvalue weighted by Crippen LogP contribution is -2.24. The summed E-state index contributed by atoms with van der Waals surface area (Å²) in [4.78, 5) is -1.18. The molecule has 2 rings (SSSR count). The van der Waals surface area contributed by atoms with Crippen molar-refractivity contribution in [2.45, 2.75) is 36.8 Å². The van der Waals surface area contributed by atoms with Crippen molar-refractivity contribution in [2.24, 2.45) is 0 Å². The third-order valence-electron chi connectivity index (χ3n) is 3.18. The monoisotopic (exact) mass is 366 g/mol. The zero-order valence-corrected chi connectivity index (χ0v) is 13.5. The van der Waals surface area contributed by atoms with E-state index in [-0.39, 0.29) is 18.3 Å². The molecule has 0 saturated heterocycles. The van der Waals surface area contributed by atoms with Crippen LogP contribution in [0.3, 0.4) is 0 Å². The predicted octanol–water partition coefficient (Wildman–Crippen LogP) is 2.90. The zero-order chi connectivity index (χ0) is 18.1. The molecule has 1 heterocycles. The molecule has 0 amide bonds. The maximum atomic E-state index is 13.3. The van der Waals surface area contributed by atoms with Gasteiger partial charge in [-0.2, -0.15) is 13.2 Å². The van der Waals surface area contributed by atoms with E-state index in [9.17, 15) is 26.0 Å². The van der Waals surface area contributed by atoms with Crippen molar-refractivity contribution in [3.8, 4) is 0 Å². The van der Waals surface area contributed by atoms with E-state index in [2.05, 4.69) is 15.5 Å². The lowest BCUT2D eigenvalue weighted by Gasteiger charge is -2.15. The van der Waals surface area contributed by atoms with Crippen LogP contribution in [0.4, 0.5) is 23.2 Å². The predicted molar refractivity (Wildman–Crippen MR) is 77.4 cm³/mol. The Morgan fingerprint density at radius 3 is 2.54 bits per heavy atom. The summed E-state index contributed by atoms with van der Waals surface area (Å²) in [6, 6.07) is 2.14. The minimum absolute atomic E-state index is 0.00314. The number of aromatic nitrogens is 3. The van der Waals surface area contributed by atoms with Crippen LogP contribution in [0.25, 0.3) is 0 Å². The van der Waals surface area contributed by atoms with E-state index < -0.39 is 26.1 Å². The van der Waals surface area contributed by atoms with Gasteiger partial charge >= 0.3 is 5.51 Å². The number of rotatable bonds is 5. The Balaban J connectivity index is 2.37. The second-order valence-electron chi connectivity index (χ2n) is 5.19. The highest BCUT2D eigenvalue weighted by Crippen LogP contribution is 2.34. The highest BCUT2D eigenvalue weighted by molar-refractivity contribution is 7.92. The first-order chi connectivity index (χ1) is 11.0. The molecule has 132 valence electrons. The van der Waals surface area contributed by atoms with Gasteiger partial charge in [0.05, 0.1) is 12.2 Å². The molecule has 0 aliphatic heterocycles. The Hall–Kier alpha value is -2.17. The fourth-order valence-electron chi connectivity index (χ4n) is 1.99. The number of hydrogen-bond donors (Lipinski definition) is 1. The minimum atomic E-state index is -5.69. The smallest absolute Gasteiger partial charge is 0.377 e. The van der Waals surface area contributed by atoms with Crippen LogP contribution in [-0.2, 0) is 16.4 Å². The summed E-state index contributed by atoms with van der Waals surface area (Å²) < 4.78 is 76.4. The SMILES string of the molecule is CC(C)n1cnnc1CNc1ccc(F)cc1S(=O)(=O)C(F)(F)F. The minimum Gasteiger partial charge on any atom is -0.377 e. The van der Waals surface area contributed by atoms with Crippen molar-refractivity contribution in [1.29, 1.82) is 0 Å². The third kappa shape index (κ3) is 3.50. The molecule has 0 radical (unpaired) electrons. The topological polar surface area (TPSA) is 76.9 Å². The third-order valence-corrected chi connectivity index (χ3v) is 4.70. The number of hydrogen-bond acceptors (Lipinski definition) is 5. The van der Waals surface area contributed by atoms with Crippen LogP contribution in [0, 0.1) is 5.82 Å². The molecular weight excluding hydrogens is 352 g/mol. The van der Waals surface area contributed by atoms with E-state index in [1.807, 2.05) is 13.8 Å². The number of nitrogens with zero attached hydrogens (tertiary/aromatic N) is 3. The summed E-state index contributed by atoms with van der Waals surface area (Å²) in [6.07, 6.45) is 1.44. The summed E-state index contributed by atoms with van der Waals surface area (Å²) in [5, 5.41) is 10.1. The second kappa shape index (κ2) is 6.38. The number of sulfone groups is 1. The first-order valence-electron chi connectivity index (χ1n) is 6.77. The van der Waals surface area contributed by atoms with E-state index in [1.54, 1.807) is 4.57 Å². The molecule has 6 nitrogen and oxygen atoms in total. The normalized spacial score (nSPS) is 12.6. The molecule has 1 aromatic carbocycles. The molecule has 24 heavy (non-hydrogen) atoms. The van der Waals surface area contributed by atoms with Crippen molar-refractivity contribution in [2.75, 3.05) is 5.32 Å². The average molecular weight is 366 g/mol. The highest BCUT2D eigenvalue weighted by atomic mass is 32.2. The summed E-state index contributed by atoms with van der Waals surface area (Å²) in [5.74, 6) is -0.696. The molecule has 0 bridgehead atoms. The zero-order valence-electron chi connectivity index (χ0n) is 12.7. The molecule has 0 spiro atoms. The Morgan fingerprint density at radius 1 is 1.29 bits per heavy atom. The van der Waals surface area contributed by atoms with Crippen LogP contribution in [-0.4, -0.2) is 28.7 Å². The van der Waals surface area contributed by atoms with Gasteiger partial charge < -0.3 is 9.88 Å². The van der Waals surface area contributed by atoms with Crippen LogP contribution < -0.4 is 5.32 Å². The molecule has 11 heteroatoms. The lowest BCUT2D eigenvalue weighted by atomic mass is 10.3. The number of benzene rings is 1. The summed E-state index contributed by atoms with van der Waals surface area (Å²) >= 11 is 0. The van der Waals surface area contributed by atoms with Crippen LogP contribution in [0.5, 0.6) is 0 Å². The number of halogens is 4. The maximum absolute atomic E-state index is 13.3. The van der Waals surface area contributed by atoms with Crippen LogP contribution in [0.2, 0.25) is 0 Å². The second-order valence-corrected chi connectivity index (χ2v) is 7.10. The van der Waals surface area contributed by atoms with Crippen molar-refractivity contribution in [3.05, 3.63) is 36.2 Å². The van der Waals surface area contributed by atoms with E-state index in [0.29, 0.717) is 11.9 Å². The highest BCUT2D eigenvalue weighted by Gasteiger charge is 2.48. The molecular formula is C13H14F4N4O2S. The van der Waals surface area contributed by atoms with Crippen molar-refractivity contribution in [3.63, 3.8) is 0 Å². The molecule has 0 aliphatic carbocycles. The van der Waals surface area contributed by atoms with Crippen molar-refractivity contribution < 1.29 is 26.0 Å². The fraction of sp³-hybridized carbons (Fsp3) is 0.385. The molecule has 0 fully saturated rings. The van der Waals surface area contributed by atoms with E-state index in [1.165, 1.54) is 6.33 Å². The molecule has 1 aromatic heterocycles. The lowest BCUT2D eigenvalue weighted by molar-refractivity contribution is -0.0435. The van der Waals surface area contributed by atoms with Gasteiger partial charge in [-0.05, 0) is 32.0 Å². The Bertz CT molecular complexity index is 831. The number of anilines is 1. The van der Waals surface area contributed by atoms with Crippen molar-refractivity contribution >= 4 is 15.5 Å². The Kier molecular flexibility index (Phi) is 4.83. The molecule has 0 aliphatic rings. The van der Waals surface area contributed by atoms with Gasteiger partial charge in [0.25, 0.3) is 9.84 Å². The van der Waals surface area contributed by atoms with Gasteiger partial charge in [0.15, 0.2) is 5.82 Å². The Labute approximate surface area is 135 Å². The molecule has 1 N–H and O–H groups in total. The van der Waals surface area contributed by atoms with Gasteiger partial charge in [-0.3, -0.25) is 0 Å². The van der Waals surface area contributed by atoms with Gasteiger partial charge in [0, 0.05) is 6.04 Å². The van der Waals surface area contributed by atoms with Gasteiger partial charge in [0.1, 0.15) is 17.0 Å². The summed E-state index contributed by atoms with van der Waals surface area (Å²) in [6.45, 7) is 3.62. The van der Waals surface area contributed by atoms with Gasteiger partial charge in [-0.1, -0.05) is 0 Å². The molecule has 2 aromatic rings. The first-order valence-corrected chi connectivity index (χ1v) is 8.25. The molecule has 0 saturated carbocycles. The molecule has 0 unspecified atom stereocenters. The van der Waals surface area contributed by atoms with Crippen molar-refractivity contribution in [1.82, 2.24) is 14.8 Å². The number of alkyl halides is 3. The van der Waals surface area contributed by atoms with Gasteiger partial charge in [-0.15, -0.1) is 10.2 Å². The van der Waals surface area contributed by atoms with E-state index in [0.717, 1.165) is 12.1 Å². The van der Waals surface area contributed by atoms with Gasteiger partial charge in [-0.25, -0.2) is 12.8 Å². The van der Waals surface area contributed by atoms with Crippen LogP contribution >= 0.6 is 0 Å². The van der Waals surface area contributed by atoms with Crippen LogP contribution in [0.1, 0.15) is 25.7 Å². The molecule has 0 atom stereocenters. The van der Waals surface area contributed by atoms with Gasteiger partial charge in [0.2, 0.25) is 0 Å².